The molecule has 0 spiro atoms. The van der Waals surface area contributed by atoms with Crippen LogP contribution in [0.25, 0.3) is 6.08 Å². The number of ether oxygens (including phenoxy) is 2. The van der Waals surface area contributed by atoms with Crippen molar-refractivity contribution in [1.29, 1.82) is 0 Å². The first-order valence-corrected chi connectivity index (χ1v) is 8.92. The van der Waals surface area contributed by atoms with Crippen molar-refractivity contribution in [2.24, 2.45) is 0 Å². The molecule has 144 valence electrons. The number of aryl methyl sites for hydroxylation is 1. The molecule has 0 saturated heterocycles. The third kappa shape index (κ3) is 4.58. The van der Waals surface area contributed by atoms with Crippen LogP contribution in [-0.2, 0) is 0 Å². The minimum atomic E-state index is -1.33. The third-order valence-corrected chi connectivity index (χ3v) is 4.06. The fraction of sp³-hybridized carbons (Fsp3) is 0.333. The third-order valence-electron chi connectivity index (χ3n) is 4.06. The molecule has 27 heavy (non-hydrogen) atoms. The summed E-state index contributed by atoms with van der Waals surface area (Å²) in [7, 11) is 0. The number of aromatic nitrogens is 1. The first-order chi connectivity index (χ1) is 12.9. The number of benzene rings is 1. The summed E-state index contributed by atoms with van der Waals surface area (Å²) in [5.74, 6) is -0.424. The average molecular weight is 370 g/mol. The number of para-hydroxylation sites is 1. The van der Waals surface area contributed by atoms with Crippen molar-refractivity contribution in [2.75, 3.05) is 13.2 Å². The average Bonchev–Trinajstić information content (AvgIpc) is 2.93. The summed E-state index contributed by atoms with van der Waals surface area (Å²) in [4.78, 5) is 26.5. The lowest BCUT2D eigenvalue weighted by molar-refractivity contribution is -0.255. The van der Waals surface area contributed by atoms with E-state index in [0.29, 0.717) is 47.1 Å². The van der Waals surface area contributed by atoms with Gasteiger partial charge in [0, 0.05) is 16.8 Å². The summed E-state index contributed by atoms with van der Waals surface area (Å²) < 4.78 is 11.4. The standard InChI is InChI=1S/C21H25NO5/c1-5-12-27-20-15(8-7-9-17(20)26-6-2)10-11-16(23)18-13(3)19(21(24)25)22-14(18)4/h7-11,22H,5-6,12H2,1-4H3,(H,24,25)/p-1/b11-10+. The van der Waals surface area contributed by atoms with Crippen LogP contribution in [0, 0.1) is 13.8 Å². The molecule has 2 aromatic rings. The lowest BCUT2D eigenvalue weighted by Crippen LogP contribution is -2.23. The van der Waals surface area contributed by atoms with E-state index in [-0.39, 0.29) is 11.5 Å². The lowest BCUT2D eigenvalue weighted by Gasteiger charge is -2.13. The summed E-state index contributed by atoms with van der Waals surface area (Å²) >= 11 is 0. The maximum absolute atomic E-state index is 12.6. The molecule has 0 fully saturated rings. The molecular formula is C21H24NO5-. The van der Waals surface area contributed by atoms with Gasteiger partial charge < -0.3 is 24.4 Å². The molecule has 0 atom stereocenters. The second kappa shape index (κ2) is 9.07. The fourth-order valence-corrected chi connectivity index (χ4v) is 2.86. The van der Waals surface area contributed by atoms with Gasteiger partial charge in [0.25, 0.3) is 0 Å². The number of carbonyl (C=O) groups excluding carboxylic acids is 2. The fourth-order valence-electron chi connectivity index (χ4n) is 2.86. The van der Waals surface area contributed by atoms with Crippen LogP contribution in [0.3, 0.4) is 0 Å². The number of aromatic carboxylic acids is 1. The molecule has 0 aliphatic heterocycles. The molecule has 0 aliphatic carbocycles. The number of aromatic amines is 1. The Morgan fingerprint density at radius 2 is 1.93 bits per heavy atom. The van der Waals surface area contributed by atoms with Crippen molar-refractivity contribution >= 4 is 17.8 Å². The molecule has 1 aromatic carbocycles. The van der Waals surface area contributed by atoms with Crippen LogP contribution < -0.4 is 14.6 Å². The highest BCUT2D eigenvalue weighted by atomic mass is 16.5. The van der Waals surface area contributed by atoms with Gasteiger partial charge in [0.05, 0.1) is 24.9 Å². The van der Waals surface area contributed by atoms with E-state index in [1.165, 1.54) is 6.08 Å². The topological polar surface area (TPSA) is 91.5 Å². The zero-order chi connectivity index (χ0) is 20.0. The van der Waals surface area contributed by atoms with Gasteiger partial charge in [-0.2, -0.15) is 0 Å². The largest absolute Gasteiger partial charge is 0.543 e. The summed E-state index contributed by atoms with van der Waals surface area (Å²) in [5, 5.41) is 11.1. The van der Waals surface area contributed by atoms with Crippen LogP contribution in [0.5, 0.6) is 11.5 Å². The molecular weight excluding hydrogens is 346 g/mol. The number of H-pyrrole nitrogens is 1. The Kier molecular flexibility index (Phi) is 6.82. The van der Waals surface area contributed by atoms with Gasteiger partial charge >= 0.3 is 0 Å². The summed E-state index contributed by atoms with van der Waals surface area (Å²) in [5.41, 5.74) is 1.84. The number of carboxylic acid groups (broad SMARTS) is 1. The first kappa shape index (κ1) is 20.3. The molecule has 0 amide bonds. The predicted molar refractivity (Wildman–Crippen MR) is 101 cm³/mol. The Hall–Kier alpha value is -3.02. The molecule has 1 heterocycles. The Labute approximate surface area is 158 Å². The Morgan fingerprint density at radius 1 is 1.19 bits per heavy atom. The van der Waals surface area contributed by atoms with Crippen molar-refractivity contribution in [2.45, 2.75) is 34.1 Å². The van der Waals surface area contributed by atoms with Crippen LogP contribution in [0.15, 0.2) is 24.3 Å². The molecule has 0 aliphatic rings. The normalized spacial score (nSPS) is 11.0. The van der Waals surface area contributed by atoms with E-state index >= 15 is 0 Å². The first-order valence-electron chi connectivity index (χ1n) is 8.92. The quantitative estimate of drug-likeness (QED) is 0.541. The van der Waals surface area contributed by atoms with Crippen molar-refractivity contribution in [3.63, 3.8) is 0 Å². The number of carbonyl (C=O) groups is 2. The minimum absolute atomic E-state index is 0.0745. The number of hydrogen-bond donors (Lipinski definition) is 1. The van der Waals surface area contributed by atoms with E-state index in [1.54, 1.807) is 19.9 Å². The number of rotatable bonds is 9. The van der Waals surface area contributed by atoms with Gasteiger partial charge in [-0.15, -0.1) is 0 Å². The highest BCUT2D eigenvalue weighted by Gasteiger charge is 2.17. The van der Waals surface area contributed by atoms with Gasteiger partial charge in [-0.3, -0.25) is 4.79 Å². The summed E-state index contributed by atoms with van der Waals surface area (Å²) in [6.07, 6.45) is 3.91. The van der Waals surface area contributed by atoms with Gasteiger partial charge in [0.15, 0.2) is 17.3 Å². The van der Waals surface area contributed by atoms with Crippen LogP contribution >= 0.6 is 0 Å². The molecule has 0 unspecified atom stereocenters. The molecule has 6 heteroatoms. The zero-order valence-corrected chi connectivity index (χ0v) is 16.0. The van der Waals surface area contributed by atoms with E-state index in [0.717, 1.165) is 6.42 Å². The van der Waals surface area contributed by atoms with Gasteiger partial charge in [-0.1, -0.05) is 19.1 Å². The summed E-state index contributed by atoms with van der Waals surface area (Å²) in [6, 6.07) is 5.48. The van der Waals surface area contributed by atoms with E-state index in [9.17, 15) is 14.7 Å². The Morgan fingerprint density at radius 3 is 2.52 bits per heavy atom. The monoisotopic (exact) mass is 370 g/mol. The van der Waals surface area contributed by atoms with E-state index < -0.39 is 5.97 Å². The molecule has 6 nitrogen and oxygen atoms in total. The minimum Gasteiger partial charge on any atom is -0.543 e. The van der Waals surface area contributed by atoms with Crippen molar-refractivity contribution < 1.29 is 24.2 Å². The Bertz CT molecular complexity index is 864. The van der Waals surface area contributed by atoms with Gasteiger partial charge in [-0.25, -0.2) is 0 Å². The maximum Gasteiger partial charge on any atom is 0.187 e. The van der Waals surface area contributed by atoms with Crippen LogP contribution in [0.2, 0.25) is 0 Å². The maximum atomic E-state index is 12.6. The molecule has 0 radical (unpaired) electrons. The number of hydrogen-bond acceptors (Lipinski definition) is 5. The van der Waals surface area contributed by atoms with Gasteiger partial charge in [-0.05, 0) is 51.0 Å². The molecule has 1 aromatic heterocycles. The van der Waals surface area contributed by atoms with Crippen LogP contribution in [0.1, 0.15) is 57.9 Å². The van der Waals surface area contributed by atoms with Gasteiger partial charge in [0.1, 0.15) is 0 Å². The van der Waals surface area contributed by atoms with Crippen molar-refractivity contribution in [3.8, 4) is 11.5 Å². The highest BCUT2D eigenvalue weighted by molar-refractivity contribution is 6.10. The van der Waals surface area contributed by atoms with Crippen LogP contribution in [0.4, 0.5) is 0 Å². The second-order valence-electron chi connectivity index (χ2n) is 6.07. The van der Waals surface area contributed by atoms with Gasteiger partial charge in [0.2, 0.25) is 0 Å². The SMILES string of the molecule is CCCOc1c(/C=C/C(=O)c2c(C)[nH]c(C(=O)[O-])c2C)cccc1OCC. The lowest BCUT2D eigenvalue weighted by atomic mass is 10.0. The van der Waals surface area contributed by atoms with Crippen molar-refractivity contribution in [1.82, 2.24) is 4.98 Å². The zero-order valence-electron chi connectivity index (χ0n) is 16.0. The smallest absolute Gasteiger partial charge is 0.187 e. The number of nitrogens with one attached hydrogen (secondary N) is 1. The number of ketones is 1. The molecule has 0 bridgehead atoms. The highest BCUT2D eigenvalue weighted by Crippen LogP contribution is 2.32. The molecule has 2 rings (SSSR count). The Balaban J connectivity index is 2.36. The second-order valence-corrected chi connectivity index (χ2v) is 6.07. The number of carboxylic acids is 1. The molecule has 0 saturated carbocycles. The van der Waals surface area contributed by atoms with E-state index in [1.807, 2.05) is 32.0 Å². The summed E-state index contributed by atoms with van der Waals surface area (Å²) in [6.45, 7) is 8.18. The van der Waals surface area contributed by atoms with E-state index in [4.69, 9.17) is 9.47 Å². The molecule has 1 N–H and O–H groups in total. The van der Waals surface area contributed by atoms with Crippen LogP contribution in [-0.4, -0.2) is 30.0 Å². The van der Waals surface area contributed by atoms with Crippen molar-refractivity contribution in [3.05, 3.63) is 52.4 Å². The predicted octanol–water partition coefficient (Wildman–Crippen LogP) is 3.08. The number of allylic oxidation sites excluding steroid dienone is 1. The van der Waals surface area contributed by atoms with E-state index in [2.05, 4.69) is 4.98 Å².